The SMILES string of the molecule is CN=C(NCCC(=O)N1CCc2sccc2C1)NC(C)C. The summed E-state index contributed by atoms with van der Waals surface area (Å²) in [5, 5.41) is 8.50. The minimum atomic E-state index is 0.208. The topological polar surface area (TPSA) is 56.7 Å². The Bertz CT molecular complexity index is 510. The lowest BCUT2D eigenvalue weighted by Crippen LogP contribution is -2.43. The second-order valence-corrected chi connectivity index (χ2v) is 6.48. The lowest BCUT2D eigenvalue weighted by Gasteiger charge is -2.27. The minimum Gasteiger partial charge on any atom is -0.356 e. The molecule has 21 heavy (non-hydrogen) atoms. The molecule has 0 saturated heterocycles. The average molecular weight is 308 g/mol. The van der Waals surface area contributed by atoms with Gasteiger partial charge in [0.05, 0.1) is 0 Å². The van der Waals surface area contributed by atoms with E-state index in [0.29, 0.717) is 19.0 Å². The van der Waals surface area contributed by atoms with Gasteiger partial charge in [0, 0.05) is 44.0 Å². The summed E-state index contributed by atoms with van der Waals surface area (Å²) in [6, 6.07) is 2.46. The fraction of sp³-hybridized carbons (Fsp3) is 0.600. The summed E-state index contributed by atoms with van der Waals surface area (Å²) in [4.78, 5) is 19.8. The number of carbonyl (C=O) groups excluding carboxylic acids is 1. The van der Waals surface area contributed by atoms with Crippen molar-refractivity contribution in [2.24, 2.45) is 4.99 Å². The zero-order valence-corrected chi connectivity index (χ0v) is 13.8. The van der Waals surface area contributed by atoms with E-state index in [1.807, 2.05) is 4.90 Å². The van der Waals surface area contributed by atoms with Crippen LogP contribution in [0.25, 0.3) is 0 Å². The number of carbonyl (C=O) groups is 1. The Balaban J connectivity index is 1.75. The number of guanidine groups is 1. The van der Waals surface area contributed by atoms with Crippen LogP contribution in [0.5, 0.6) is 0 Å². The number of hydrogen-bond donors (Lipinski definition) is 2. The van der Waals surface area contributed by atoms with Crippen LogP contribution in [-0.4, -0.2) is 42.9 Å². The predicted octanol–water partition coefficient (Wildman–Crippen LogP) is 1.60. The van der Waals surface area contributed by atoms with Crippen molar-refractivity contribution in [1.29, 1.82) is 0 Å². The second-order valence-electron chi connectivity index (χ2n) is 5.48. The zero-order valence-electron chi connectivity index (χ0n) is 13.0. The molecule has 0 aliphatic carbocycles. The van der Waals surface area contributed by atoms with Crippen LogP contribution in [-0.2, 0) is 17.8 Å². The van der Waals surface area contributed by atoms with Crippen LogP contribution in [0.3, 0.4) is 0 Å². The molecule has 0 atom stereocenters. The molecule has 5 nitrogen and oxygen atoms in total. The van der Waals surface area contributed by atoms with E-state index < -0.39 is 0 Å². The van der Waals surface area contributed by atoms with Crippen LogP contribution in [0, 0.1) is 0 Å². The molecule has 0 aromatic carbocycles. The lowest BCUT2D eigenvalue weighted by atomic mass is 10.1. The molecule has 2 rings (SSSR count). The van der Waals surface area contributed by atoms with Crippen LogP contribution in [0.15, 0.2) is 16.4 Å². The normalized spacial score (nSPS) is 15.0. The van der Waals surface area contributed by atoms with Gasteiger partial charge in [0.2, 0.25) is 5.91 Å². The summed E-state index contributed by atoms with van der Waals surface area (Å²) >= 11 is 1.80. The van der Waals surface area contributed by atoms with Gasteiger partial charge >= 0.3 is 0 Å². The van der Waals surface area contributed by atoms with E-state index in [-0.39, 0.29) is 5.91 Å². The standard InChI is InChI=1S/C15H24N4OS/c1-11(2)18-15(16-3)17-7-4-14(20)19-8-5-13-12(10-19)6-9-21-13/h6,9,11H,4-5,7-8,10H2,1-3H3,(H2,16,17,18). The zero-order chi connectivity index (χ0) is 15.2. The molecular formula is C15H24N4OS. The summed E-state index contributed by atoms with van der Waals surface area (Å²) in [7, 11) is 1.74. The molecule has 6 heteroatoms. The van der Waals surface area contributed by atoms with Crippen molar-refractivity contribution in [3.05, 3.63) is 21.9 Å². The number of fused-ring (bicyclic) bond motifs is 1. The summed E-state index contributed by atoms with van der Waals surface area (Å²) in [6.45, 7) is 6.33. The summed E-state index contributed by atoms with van der Waals surface area (Å²) in [6.07, 6.45) is 1.49. The molecule has 1 aliphatic heterocycles. The molecule has 1 aromatic heterocycles. The number of nitrogens with zero attached hydrogens (tertiary/aromatic N) is 2. The first kappa shape index (κ1) is 15.8. The fourth-order valence-corrected chi connectivity index (χ4v) is 3.27. The van der Waals surface area contributed by atoms with E-state index in [0.717, 1.165) is 25.5 Å². The summed E-state index contributed by atoms with van der Waals surface area (Å²) in [5.74, 6) is 0.955. The molecule has 1 aromatic rings. The Morgan fingerprint density at radius 3 is 3.05 bits per heavy atom. The Hall–Kier alpha value is -1.56. The van der Waals surface area contributed by atoms with Gasteiger partial charge in [-0.15, -0.1) is 11.3 Å². The number of thiophene rings is 1. The first-order valence-corrected chi connectivity index (χ1v) is 8.28. The molecule has 2 N–H and O–H groups in total. The number of amides is 1. The first-order chi connectivity index (χ1) is 10.1. The van der Waals surface area contributed by atoms with E-state index in [2.05, 4.69) is 40.9 Å². The monoisotopic (exact) mass is 308 g/mol. The number of hydrogen-bond acceptors (Lipinski definition) is 3. The van der Waals surface area contributed by atoms with Gasteiger partial charge in [0.1, 0.15) is 0 Å². The van der Waals surface area contributed by atoms with Gasteiger partial charge in [-0.3, -0.25) is 9.79 Å². The van der Waals surface area contributed by atoms with Crippen molar-refractivity contribution >= 4 is 23.2 Å². The third kappa shape index (κ3) is 4.46. The van der Waals surface area contributed by atoms with Gasteiger partial charge in [0.25, 0.3) is 0 Å². The number of aliphatic imine (C=N–C) groups is 1. The maximum absolute atomic E-state index is 12.3. The molecule has 116 valence electrons. The Labute approximate surface area is 130 Å². The van der Waals surface area contributed by atoms with Gasteiger partial charge in [-0.2, -0.15) is 0 Å². The first-order valence-electron chi connectivity index (χ1n) is 7.40. The van der Waals surface area contributed by atoms with Crippen LogP contribution < -0.4 is 10.6 Å². The van der Waals surface area contributed by atoms with E-state index >= 15 is 0 Å². The highest BCUT2D eigenvalue weighted by Gasteiger charge is 2.20. The van der Waals surface area contributed by atoms with Crippen molar-refractivity contribution < 1.29 is 4.79 Å². The van der Waals surface area contributed by atoms with Gasteiger partial charge in [-0.05, 0) is 37.3 Å². The van der Waals surface area contributed by atoms with E-state index in [4.69, 9.17) is 0 Å². The van der Waals surface area contributed by atoms with E-state index in [1.54, 1.807) is 18.4 Å². The molecular weight excluding hydrogens is 284 g/mol. The van der Waals surface area contributed by atoms with Crippen molar-refractivity contribution in [2.45, 2.75) is 39.3 Å². The molecule has 0 saturated carbocycles. The quantitative estimate of drug-likeness (QED) is 0.656. The Morgan fingerprint density at radius 2 is 2.33 bits per heavy atom. The smallest absolute Gasteiger partial charge is 0.224 e. The van der Waals surface area contributed by atoms with E-state index in [9.17, 15) is 4.79 Å². The third-order valence-corrected chi connectivity index (χ3v) is 4.46. The van der Waals surface area contributed by atoms with E-state index in [1.165, 1.54) is 10.4 Å². The maximum atomic E-state index is 12.3. The van der Waals surface area contributed by atoms with Crippen LogP contribution >= 0.6 is 11.3 Å². The van der Waals surface area contributed by atoms with Gasteiger partial charge in [-0.25, -0.2) is 0 Å². The largest absolute Gasteiger partial charge is 0.356 e. The highest BCUT2D eigenvalue weighted by molar-refractivity contribution is 7.10. The molecule has 2 heterocycles. The van der Waals surface area contributed by atoms with Crippen LogP contribution in [0.2, 0.25) is 0 Å². The molecule has 0 spiro atoms. The summed E-state index contributed by atoms with van der Waals surface area (Å²) in [5.41, 5.74) is 1.31. The highest BCUT2D eigenvalue weighted by atomic mass is 32.1. The minimum absolute atomic E-state index is 0.208. The molecule has 0 radical (unpaired) electrons. The Kier molecular flexibility index (Phi) is 5.61. The lowest BCUT2D eigenvalue weighted by molar-refractivity contribution is -0.131. The third-order valence-electron chi connectivity index (χ3n) is 3.44. The number of nitrogens with one attached hydrogen (secondary N) is 2. The maximum Gasteiger partial charge on any atom is 0.224 e. The van der Waals surface area contributed by atoms with Crippen molar-refractivity contribution in [2.75, 3.05) is 20.1 Å². The molecule has 0 unspecified atom stereocenters. The van der Waals surface area contributed by atoms with Gasteiger partial charge in [-0.1, -0.05) is 0 Å². The van der Waals surface area contributed by atoms with Gasteiger partial charge in [0.15, 0.2) is 5.96 Å². The predicted molar refractivity (Wildman–Crippen MR) is 87.7 cm³/mol. The second kappa shape index (κ2) is 7.45. The van der Waals surface area contributed by atoms with Crippen molar-refractivity contribution in [1.82, 2.24) is 15.5 Å². The van der Waals surface area contributed by atoms with Gasteiger partial charge < -0.3 is 15.5 Å². The molecule has 1 aliphatic rings. The van der Waals surface area contributed by atoms with Crippen molar-refractivity contribution in [3.63, 3.8) is 0 Å². The van der Waals surface area contributed by atoms with Crippen LogP contribution in [0.1, 0.15) is 30.7 Å². The highest BCUT2D eigenvalue weighted by Crippen LogP contribution is 2.24. The molecule has 0 fully saturated rings. The molecule has 1 amide bonds. The number of rotatable bonds is 4. The fourth-order valence-electron chi connectivity index (χ4n) is 2.38. The van der Waals surface area contributed by atoms with Crippen LogP contribution in [0.4, 0.5) is 0 Å². The van der Waals surface area contributed by atoms with Crippen molar-refractivity contribution in [3.8, 4) is 0 Å². The summed E-state index contributed by atoms with van der Waals surface area (Å²) < 4.78 is 0. The molecule has 0 bridgehead atoms. The Morgan fingerprint density at radius 1 is 1.52 bits per heavy atom. The average Bonchev–Trinajstić information content (AvgIpc) is 2.92.